The molecule has 112 valence electrons. The van der Waals surface area contributed by atoms with Gasteiger partial charge in [0.1, 0.15) is 5.76 Å². The molecule has 0 N–H and O–H groups in total. The lowest BCUT2D eigenvalue weighted by atomic mass is 10.0. The van der Waals surface area contributed by atoms with Gasteiger partial charge in [-0.3, -0.25) is 4.79 Å². The van der Waals surface area contributed by atoms with E-state index in [0.29, 0.717) is 11.1 Å². The topological polar surface area (TPSA) is 26.3 Å². The maximum atomic E-state index is 12.6. The van der Waals surface area contributed by atoms with Crippen LogP contribution in [-0.4, -0.2) is 13.3 Å². The number of ketones is 1. The molecule has 0 heterocycles. The molecule has 2 rings (SSSR count). The molecular formula is C17H15BF2O2. The van der Waals surface area contributed by atoms with Crippen molar-refractivity contribution >= 4 is 19.0 Å². The molecule has 0 bridgehead atoms. The van der Waals surface area contributed by atoms with Crippen molar-refractivity contribution in [1.29, 1.82) is 0 Å². The van der Waals surface area contributed by atoms with Crippen LogP contribution in [-0.2, 0) is 4.65 Å². The number of hydrogen-bond acceptors (Lipinski definition) is 2. The highest BCUT2D eigenvalue weighted by atomic mass is 19.2. The van der Waals surface area contributed by atoms with Gasteiger partial charge < -0.3 is 4.65 Å². The van der Waals surface area contributed by atoms with Gasteiger partial charge in [-0.15, -0.1) is 0 Å². The number of benzene rings is 2. The average Bonchev–Trinajstić information content (AvgIpc) is 2.49. The van der Waals surface area contributed by atoms with Crippen LogP contribution in [0.1, 0.15) is 27.0 Å². The van der Waals surface area contributed by atoms with E-state index in [4.69, 9.17) is 0 Å². The number of carbonyl (C=O) groups is 1. The fourth-order valence-electron chi connectivity index (χ4n) is 2.08. The molecule has 22 heavy (non-hydrogen) atoms. The van der Waals surface area contributed by atoms with E-state index in [-0.39, 0.29) is 11.5 Å². The van der Waals surface area contributed by atoms with Gasteiger partial charge in [0.2, 0.25) is 0 Å². The molecule has 0 aliphatic carbocycles. The predicted octanol–water partition coefficient (Wildman–Crippen LogP) is 4.47. The number of carbonyl (C=O) groups excluding carboxylic acids is 1. The lowest BCUT2D eigenvalue weighted by Gasteiger charge is -2.09. The number of rotatable bonds is 5. The minimum absolute atomic E-state index is 0.137. The first-order chi connectivity index (χ1) is 10.5. The van der Waals surface area contributed by atoms with E-state index in [9.17, 15) is 13.4 Å². The molecule has 0 saturated carbocycles. The van der Waals surface area contributed by atoms with Crippen LogP contribution >= 0.6 is 0 Å². The SMILES string of the molecule is Cc1ccc(C)c(C(=O)/C=C(\OB(F)F)c2ccccc2)c1. The molecule has 0 spiro atoms. The van der Waals surface area contributed by atoms with E-state index in [1.165, 1.54) is 0 Å². The number of halogens is 2. The van der Waals surface area contributed by atoms with E-state index in [0.717, 1.165) is 17.2 Å². The van der Waals surface area contributed by atoms with Crippen molar-refractivity contribution in [2.24, 2.45) is 0 Å². The summed E-state index contributed by atoms with van der Waals surface area (Å²) in [4.78, 5) is 12.4. The molecule has 2 nitrogen and oxygen atoms in total. The van der Waals surface area contributed by atoms with Gasteiger partial charge >= 0.3 is 7.47 Å². The van der Waals surface area contributed by atoms with Crippen molar-refractivity contribution in [1.82, 2.24) is 0 Å². The summed E-state index contributed by atoms with van der Waals surface area (Å²) in [6.07, 6.45) is 1.11. The molecule has 0 saturated heterocycles. The van der Waals surface area contributed by atoms with E-state index in [1.54, 1.807) is 43.3 Å². The molecule has 0 fully saturated rings. The smallest absolute Gasteiger partial charge is 0.505 e. The summed E-state index contributed by atoms with van der Waals surface area (Å²) >= 11 is 0. The van der Waals surface area contributed by atoms with Gasteiger partial charge in [0, 0.05) is 17.2 Å². The van der Waals surface area contributed by atoms with Crippen molar-refractivity contribution in [2.75, 3.05) is 0 Å². The summed E-state index contributed by atoms with van der Waals surface area (Å²) in [6, 6.07) is 13.8. The Hall–Kier alpha value is -2.43. The molecule has 0 aliphatic rings. The Kier molecular flexibility index (Phi) is 5.10. The first kappa shape index (κ1) is 16.0. The third kappa shape index (κ3) is 4.04. The molecule has 0 aliphatic heterocycles. The zero-order chi connectivity index (χ0) is 16.1. The summed E-state index contributed by atoms with van der Waals surface area (Å²) in [7, 11) is -2.99. The maximum Gasteiger partial charge on any atom is 0.796 e. The molecular weight excluding hydrogens is 285 g/mol. The van der Waals surface area contributed by atoms with E-state index in [2.05, 4.69) is 4.65 Å². The molecule has 0 amide bonds. The van der Waals surface area contributed by atoms with Gasteiger partial charge in [-0.25, -0.2) is 8.63 Å². The fourth-order valence-corrected chi connectivity index (χ4v) is 2.08. The van der Waals surface area contributed by atoms with Crippen molar-refractivity contribution < 1.29 is 18.1 Å². The van der Waals surface area contributed by atoms with Crippen molar-refractivity contribution in [3.05, 3.63) is 76.9 Å². The molecule has 2 aromatic carbocycles. The Morgan fingerprint density at radius 2 is 1.77 bits per heavy atom. The standard InChI is InChI=1S/C17H15BF2O2/c1-12-8-9-13(2)15(10-12)16(21)11-17(22-18(19)20)14-6-4-3-5-7-14/h3-11H,1-2H3/b17-11-. The van der Waals surface area contributed by atoms with Crippen LogP contribution in [0.4, 0.5) is 8.63 Å². The second-order valence-corrected chi connectivity index (χ2v) is 4.94. The Labute approximate surface area is 128 Å². The zero-order valence-corrected chi connectivity index (χ0v) is 12.3. The summed E-state index contributed by atoms with van der Waals surface area (Å²) in [6.45, 7) is 3.67. The highest BCUT2D eigenvalue weighted by Gasteiger charge is 2.21. The lowest BCUT2D eigenvalue weighted by Crippen LogP contribution is -2.07. The number of allylic oxidation sites excluding steroid dienone is 1. The summed E-state index contributed by atoms with van der Waals surface area (Å²) in [5.74, 6) is -0.498. The monoisotopic (exact) mass is 300 g/mol. The summed E-state index contributed by atoms with van der Waals surface area (Å²) < 4.78 is 29.7. The van der Waals surface area contributed by atoms with Crippen LogP contribution in [0.3, 0.4) is 0 Å². The van der Waals surface area contributed by atoms with E-state index < -0.39 is 7.47 Å². The van der Waals surface area contributed by atoms with E-state index in [1.807, 2.05) is 19.1 Å². The van der Waals surface area contributed by atoms with Crippen molar-refractivity contribution in [3.63, 3.8) is 0 Å². The number of hydrogen-bond donors (Lipinski definition) is 0. The normalized spacial score (nSPS) is 11.2. The largest absolute Gasteiger partial charge is 0.796 e. The van der Waals surface area contributed by atoms with Gasteiger partial charge in [-0.05, 0) is 25.5 Å². The second kappa shape index (κ2) is 7.03. The molecule has 0 radical (unpaired) electrons. The summed E-state index contributed by atoms with van der Waals surface area (Å²) in [5, 5.41) is 0. The van der Waals surface area contributed by atoms with Gasteiger partial charge in [0.05, 0.1) is 0 Å². The molecule has 5 heteroatoms. The van der Waals surface area contributed by atoms with Crippen LogP contribution in [0.5, 0.6) is 0 Å². The highest BCUT2D eigenvalue weighted by molar-refractivity contribution is 6.36. The van der Waals surface area contributed by atoms with Crippen LogP contribution in [0, 0.1) is 13.8 Å². The molecule has 0 aromatic heterocycles. The number of aryl methyl sites for hydroxylation is 2. The van der Waals surface area contributed by atoms with Crippen LogP contribution < -0.4 is 0 Å². The lowest BCUT2D eigenvalue weighted by molar-refractivity contribution is 0.104. The predicted molar refractivity (Wildman–Crippen MR) is 83.7 cm³/mol. The second-order valence-electron chi connectivity index (χ2n) is 4.94. The Morgan fingerprint density at radius 1 is 1.09 bits per heavy atom. The quantitative estimate of drug-likeness (QED) is 0.352. The first-order valence-corrected chi connectivity index (χ1v) is 6.81. The van der Waals surface area contributed by atoms with Crippen LogP contribution in [0.15, 0.2) is 54.6 Å². The van der Waals surface area contributed by atoms with E-state index >= 15 is 0 Å². The highest BCUT2D eigenvalue weighted by Crippen LogP contribution is 2.20. The van der Waals surface area contributed by atoms with Gasteiger partial charge in [-0.2, -0.15) is 0 Å². The average molecular weight is 300 g/mol. The fraction of sp³-hybridized carbons (Fsp3) is 0.118. The first-order valence-electron chi connectivity index (χ1n) is 6.81. The third-order valence-corrected chi connectivity index (χ3v) is 3.20. The Bertz CT molecular complexity index is 697. The van der Waals surface area contributed by atoms with Crippen molar-refractivity contribution in [3.8, 4) is 0 Å². The molecule has 2 aromatic rings. The molecule has 0 atom stereocenters. The van der Waals surface area contributed by atoms with Crippen LogP contribution in [0.25, 0.3) is 5.76 Å². The van der Waals surface area contributed by atoms with Crippen LogP contribution in [0.2, 0.25) is 0 Å². The third-order valence-electron chi connectivity index (χ3n) is 3.20. The minimum atomic E-state index is -2.99. The minimum Gasteiger partial charge on any atom is -0.505 e. The zero-order valence-electron chi connectivity index (χ0n) is 12.3. The van der Waals surface area contributed by atoms with Gasteiger partial charge in [0.25, 0.3) is 0 Å². The van der Waals surface area contributed by atoms with Gasteiger partial charge in [0.15, 0.2) is 5.78 Å². The molecule has 0 unspecified atom stereocenters. The Morgan fingerprint density at radius 3 is 2.41 bits per heavy atom. The maximum absolute atomic E-state index is 12.6. The summed E-state index contributed by atoms with van der Waals surface area (Å²) in [5.41, 5.74) is 2.63. The van der Waals surface area contributed by atoms with Crippen molar-refractivity contribution in [2.45, 2.75) is 13.8 Å². The van der Waals surface area contributed by atoms with Gasteiger partial charge in [-0.1, -0.05) is 48.0 Å². The Balaban J connectivity index is 2.40.